The first-order valence-electron chi connectivity index (χ1n) is 16.1. The molecule has 2 aromatic heterocycles. The Labute approximate surface area is 296 Å². The minimum Gasteiger partial charge on any atom is -0.486 e. The number of halogens is 2. The van der Waals surface area contributed by atoms with Crippen LogP contribution in [0.3, 0.4) is 0 Å². The molecule has 0 unspecified atom stereocenters. The smallest absolute Gasteiger partial charge is 0.319 e. The maximum atomic E-state index is 13.1. The zero-order chi connectivity index (χ0) is 35.1. The second-order valence-electron chi connectivity index (χ2n) is 12.0. The van der Waals surface area contributed by atoms with Crippen LogP contribution in [-0.4, -0.2) is 108 Å². The van der Waals surface area contributed by atoms with Gasteiger partial charge in [0.05, 0.1) is 35.6 Å². The first-order valence-corrected chi connectivity index (χ1v) is 16.8. The van der Waals surface area contributed by atoms with Crippen molar-refractivity contribution in [1.82, 2.24) is 29.2 Å². The molecule has 12 nitrogen and oxygen atoms in total. The summed E-state index contributed by atoms with van der Waals surface area (Å²) in [4.78, 5) is 54.1. The van der Waals surface area contributed by atoms with E-state index in [9.17, 15) is 14.4 Å². The lowest BCUT2D eigenvalue weighted by molar-refractivity contribution is -0.124. The summed E-state index contributed by atoms with van der Waals surface area (Å²) in [6.07, 6.45) is 2.27. The van der Waals surface area contributed by atoms with Crippen molar-refractivity contribution in [2.45, 2.75) is 32.4 Å². The van der Waals surface area contributed by atoms with E-state index in [1.165, 1.54) is 4.90 Å². The van der Waals surface area contributed by atoms with Crippen molar-refractivity contribution in [1.29, 1.82) is 0 Å². The lowest BCUT2D eigenvalue weighted by Gasteiger charge is -2.35. The molecule has 2 aromatic carbocycles. The molecule has 0 saturated carbocycles. The molecule has 0 spiro atoms. The molecule has 3 heterocycles. The van der Waals surface area contributed by atoms with Gasteiger partial charge in [-0.1, -0.05) is 35.3 Å². The first-order chi connectivity index (χ1) is 23.6. The van der Waals surface area contributed by atoms with Crippen LogP contribution in [-0.2, 0) is 22.7 Å². The van der Waals surface area contributed by atoms with Crippen molar-refractivity contribution < 1.29 is 23.9 Å². The number of imidazole rings is 1. The number of para-hydroxylation sites is 1. The van der Waals surface area contributed by atoms with E-state index in [4.69, 9.17) is 32.7 Å². The Morgan fingerprint density at radius 2 is 1.69 bits per heavy atom. The molecule has 1 saturated heterocycles. The normalized spacial score (nSPS) is 13.4. The third kappa shape index (κ3) is 8.62. The highest BCUT2D eigenvalue weighted by atomic mass is 35.5. The number of ketones is 1. The number of ether oxygens (including phenoxy) is 2. The van der Waals surface area contributed by atoms with Gasteiger partial charge in [0, 0.05) is 89.9 Å². The lowest BCUT2D eigenvalue weighted by atomic mass is 10.1. The molecule has 5 rings (SSSR count). The Hall–Kier alpha value is -4.39. The summed E-state index contributed by atoms with van der Waals surface area (Å²) in [5.74, 6) is 0.286. The zero-order valence-electron chi connectivity index (χ0n) is 28.2. The molecule has 0 atom stereocenters. The number of amides is 3. The van der Waals surface area contributed by atoms with Gasteiger partial charge in [0.25, 0.3) is 6.01 Å². The highest BCUT2D eigenvalue weighted by Crippen LogP contribution is 2.36. The number of carbonyl (C=O) groups is 3. The summed E-state index contributed by atoms with van der Waals surface area (Å²) in [5.41, 5.74) is 3.25. The van der Waals surface area contributed by atoms with E-state index in [1.807, 2.05) is 45.9 Å². The summed E-state index contributed by atoms with van der Waals surface area (Å²) >= 11 is 13.4. The maximum absolute atomic E-state index is 13.1. The number of rotatable bonds is 13. The van der Waals surface area contributed by atoms with E-state index in [1.54, 1.807) is 51.5 Å². The third-order valence-electron chi connectivity index (χ3n) is 8.56. The minimum absolute atomic E-state index is 0.00161. The molecule has 0 aliphatic carbocycles. The number of urea groups is 1. The summed E-state index contributed by atoms with van der Waals surface area (Å²) in [6, 6.07) is 15.1. The summed E-state index contributed by atoms with van der Waals surface area (Å²) in [7, 11) is 6.67. The highest BCUT2D eigenvalue weighted by Gasteiger charge is 2.24. The van der Waals surface area contributed by atoms with Crippen molar-refractivity contribution >= 4 is 57.6 Å². The van der Waals surface area contributed by atoms with Crippen LogP contribution in [0.15, 0.2) is 54.7 Å². The molecule has 1 aliphatic heterocycles. The van der Waals surface area contributed by atoms with Gasteiger partial charge in [-0.15, -0.1) is 0 Å². The fourth-order valence-electron chi connectivity index (χ4n) is 5.71. The number of hydrogen-bond acceptors (Lipinski definition) is 8. The van der Waals surface area contributed by atoms with Crippen molar-refractivity contribution in [3.05, 3.63) is 76.0 Å². The highest BCUT2D eigenvalue weighted by molar-refractivity contribution is 6.38. The van der Waals surface area contributed by atoms with Gasteiger partial charge in [-0.05, 0) is 36.4 Å². The van der Waals surface area contributed by atoms with Crippen molar-refractivity contribution in [2.75, 3.05) is 65.9 Å². The topological polar surface area (TPSA) is 113 Å². The molecular formula is C35H41Cl2N7O5. The van der Waals surface area contributed by atoms with E-state index in [0.717, 1.165) is 11.2 Å². The van der Waals surface area contributed by atoms with Gasteiger partial charge in [-0.25, -0.2) is 4.79 Å². The standard InChI is InChI=1S/C35H41Cl2N7O5/c1-40(2)35(47)43-20-18-42(19-21-43)17-15-25(45)11-14-31(46)41(3)28-13-12-27(36)26(32(28)37)23-49-30-10-7-9-29-33(30)39-34(48-4)44(29)22-24-8-5-6-16-38-24/h5-10,12-13,16H,11,14-15,17-23H2,1-4H3. The number of hydrogen-bond donors (Lipinski definition) is 0. The molecule has 0 N–H and O–H groups in total. The molecule has 49 heavy (non-hydrogen) atoms. The Kier molecular flexibility index (Phi) is 12.0. The molecule has 0 radical (unpaired) electrons. The number of carbonyl (C=O) groups excluding carboxylic acids is 3. The number of methoxy groups -OCH3 is 1. The van der Waals surface area contributed by atoms with E-state index in [-0.39, 0.29) is 42.2 Å². The van der Waals surface area contributed by atoms with Gasteiger partial charge in [-0.2, -0.15) is 4.98 Å². The van der Waals surface area contributed by atoms with Crippen molar-refractivity contribution in [3.63, 3.8) is 0 Å². The number of Topliss-reactive ketones (excluding diaryl/α,β-unsaturated/α-hetero) is 1. The Morgan fingerprint density at radius 1 is 0.918 bits per heavy atom. The Bertz CT molecular complexity index is 1790. The van der Waals surface area contributed by atoms with Gasteiger partial charge in [0.2, 0.25) is 5.91 Å². The number of nitrogens with zero attached hydrogens (tertiary/aromatic N) is 7. The van der Waals surface area contributed by atoms with Gasteiger partial charge in [0.1, 0.15) is 23.7 Å². The molecular weight excluding hydrogens is 669 g/mol. The van der Waals surface area contributed by atoms with Crippen LogP contribution < -0.4 is 14.4 Å². The molecule has 3 amide bonds. The lowest BCUT2D eigenvalue weighted by Crippen LogP contribution is -2.51. The van der Waals surface area contributed by atoms with E-state index in [2.05, 4.69) is 14.9 Å². The van der Waals surface area contributed by atoms with Gasteiger partial charge < -0.3 is 24.2 Å². The van der Waals surface area contributed by atoms with Crippen LogP contribution in [0.2, 0.25) is 10.0 Å². The second kappa shape index (κ2) is 16.3. The Balaban J connectivity index is 1.18. The van der Waals surface area contributed by atoms with E-state index >= 15 is 0 Å². The van der Waals surface area contributed by atoms with E-state index in [0.29, 0.717) is 79.2 Å². The monoisotopic (exact) mass is 709 g/mol. The van der Waals surface area contributed by atoms with Gasteiger partial charge in [-0.3, -0.25) is 24.0 Å². The van der Waals surface area contributed by atoms with Gasteiger partial charge >= 0.3 is 6.03 Å². The van der Waals surface area contributed by atoms with Crippen LogP contribution in [0.25, 0.3) is 11.0 Å². The van der Waals surface area contributed by atoms with Crippen molar-refractivity contribution in [2.24, 2.45) is 0 Å². The number of fused-ring (bicyclic) bond motifs is 1. The minimum atomic E-state index is -0.240. The summed E-state index contributed by atoms with van der Waals surface area (Å²) in [5, 5.41) is 0.675. The second-order valence-corrected chi connectivity index (χ2v) is 12.8. The van der Waals surface area contributed by atoms with Crippen LogP contribution in [0.1, 0.15) is 30.5 Å². The first kappa shape index (κ1) is 35.9. The fraction of sp³-hybridized carbons (Fsp3) is 0.400. The maximum Gasteiger partial charge on any atom is 0.319 e. The molecule has 0 bridgehead atoms. The predicted molar refractivity (Wildman–Crippen MR) is 190 cm³/mol. The number of piperazine rings is 1. The summed E-state index contributed by atoms with van der Waals surface area (Å²) in [6.45, 7) is 3.79. The molecule has 260 valence electrons. The third-order valence-corrected chi connectivity index (χ3v) is 9.33. The SMILES string of the molecule is COc1nc2c(OCc3c(Cl)ccc(N(C)C(=O)CCC(=O)CCN4CCN(C(=O)N(C)C)CC4)c3Cl)cccc2n1Cc1ccccn1. The van der Waals surface area contributed by atoms with Crippen LogP contribution in [0.4, 0.5) is 10.5 Å². The summed E-state index contributed by atoms with van der Waals surface area (Å²) < 4.78 is 13.7. The van der Waals surface area contributed by atoms with Gasteiger partial charge in [0.15, 0.2) is 0 Å². The van der Waals surface area contributed by atoms with Crippen LogP contribution in [0, 0.1) is 0 Å². The fourth-order valence-corrected chi connectivity index (χ4v) is 6.31. The zero-order valence-corrected chi connectivity index (χ0v) is 29.7. The van der Waals surface area contributed by atoms with Crippen LogP contribution in [0.5, 0.6) is 11.8 Å². The molecule has 14 heteroatoms. The van der Waals surface area contributed by atoms with Crippen LogP contribution >= 0.6 is 23.2 Å². The molecule has 1 aliphatic rings. The van der Waals surface area contributed by atoms with E-state index < -0.39 is 0 Å². The number of aromatic nitrogens is 3. The number of pyridine rings is 1. The largest absolute Gasteiger partial charge is 0.486 e. The quantitative estimate of drug-likeness (QED) is 0.182. The average molecular weight is 711 g/mol. The Morgan fingerprint density at radius 3 is 2.39 bits per heavy atom. The number of benzene rings is 2. The predicted octanol–water partition coefficient (Wildman–Crippen LogP) is 5.38. The molecule has 4 aromatic rings. The number of anilines is 1. The molecule has 1 fully saturated rings. The average Bonchev–Trinajstić information content (AvgIpc) is 3.47. The van der Waals surface area contributed by atoms with Crippen molar-refractivity contribution in [3.8, 4) is 11.8 Å².